The third kappa shape index (κ3) is 6.08. The monoisotopic (exact) mass is 524 g/mol. The molecule has 3 aromatic rings. The van der Waals surface area contributed by atoms with E-state index in [0.29, 0.717) is 45.5 Å². The molecule has 182 valence electrons. The lowest BCUT2D eigenvalue weighted by Gasteiger charge is -2.13. The summed E-state index contributed by atoms with van der Waals surface area (Å²) in [5, 5.41) is 13.0. The minimum Gasteiger partial charge on any atom is -0.495 e. The van der Waals surface area contributed by atoms with Gasteiger partial charge in [0, 0.05) is 23.7 Å². The number of thioether (sulfide) groups is 1. The number of halogens is 2. The van der Waals surface area contributed by atoms with Gasteiger partial charge in [0.25, 0.3) is 0 Å². The molecule has 1 aromatic heterocycles. The number of carbonyl (C=O) groups is 1. The quantitative estimate of drug-likeness (QED) is 0.348. The van der Waals surface area contributed by atoms with Crippen molar-refractivity contribution >= 4 is 46.6 Å². The molecule has 0 aliphatic heterocycles. The Labute approximate surface area is 212 Å². The van der Waals surface area contributed by atoms with Crippen molar-refractivity contribution in [1.82, 2.24) is 14.8 Å². The molecule has 0 saturated carbocycles. The second-order valence-corrected chi connectivity index (χ2v) is 9.05. The molecular formula is C23H26Cl2N4O4S. The van der Waals surface area contributed by atoms with E-state index in [-0.39, 0.29) is 18.3 Å². The summed E-state index contributed by atoms with van der Waals surface area (Å²) >= 11 is 13.6. The van der Waals surface area contributed by atoms with E-state index >= 15 is 0 Å². The van der Waals surface area contributed by atoms with Crippen molar-refractivity contribution in [3.8, 4) is 17.2 Å². The second kappa shape index (κ2) is 11.7. The highest BCUT2D eigenvalue weighted by Gasteiger charge is 2.16. The molecular weight excluding hydrogens is 499 g/mol. The standard InChI is InChI=1S/C23H26Cl2N4O4S/c1-6-29-20(11-33-15-7-13(2)22(25)14(3)8-15)27-28-23(29)34-12-21(30)26-17-10-18(31-4)16(24)9-19(17)32-5/h7-10H,6,11-12H2,1-5H3,(H,26,30). The topological polar surface area (TPSA) is 87.5 Å². The van der Waals surface area contributed by atoms with Gasteiger partial charge in [-0.15, -0.1) is 10.2 Å². The summed E-state index contributed by atoms with van der Waals surface area (Å²) in [5.41, 5.74) is 2.37. The van der Waals surface area contributed by atoms with Crippen LogP contribution in [0.4, 0.5) is 5.69 Å². The molecule has 11 heteroatoms. The normalized spacial score (nSPS) is 10.8. The van der Waals surface area contributed by atoms with Crippen molar-refractivity contribution in [2.45, 2.75) is 39.1 Å². The number of aromatic nitrogens is 3. The molecule has 0 unspecified atom stereocenters. The number of hydrogen-bond acceptors (Lipinski definition) is 7. The number of ether oxygens (including phenoxy) is 3. The maximum absolute atomic E-state index is 12.6. The molecule has 34 heavy (non-hydrogen) atoms. The molecule has 0 bridgehead atoms. The van der Waals surface area contributed by atoms with Crippen LogP contribution < -0.4 is 19.5 Å². The average molecular weight is 525 g/mol. The summed E-state index contributed by atoms with van der Waals surface area (Å²) in [4.78, 5) is 12.6. The van der Waals surface area contributed by atoms with E-state index in [0.717, 1.165) is 16.1 Å². The lowest BCUT2D eigenvalue weighted by Crippen LogP contribution is -2.15. The summed E-state index contributed by atoms with van der Waals surface area (Å²) in [5.74, 6) is 2.15. The first-order chi connectivity index (χ1) is 16.3. The van der Waals surface area contributed by atoms with Gasteiger partial charge in [0.2, 0.25) is 5.91 Å². The van der Waals surface area contributed by atoms with Crippen LogP contribution in [0.2, 0.25) is 10.0 Å². The first-order valence-electron chi connectivity index (χ1n) is 10.4. The molecule has 3 rings (SSSR count). The number of benzene rings is 2. The van der Waals surface area contributed by atoms with Gasteiger partial charge >= 0.3 is 0 Å². The molecule has 0 aliphatic rings. The van der Waals surface area contributed by atoms with E-state index in [1.54, 1.807) is 12.1 Å². The molecule has 0 spiro atoms. The van der Waals surface area contributed by atoms with Crippen LogP contribution in [-0.2, 0) is 17.9 Å². The number of anilines is 1. The number of amides is 1. The molecule has 0 fully saturated rings. The third-order valence-electron chi connectivity index (χ3n) is 4.97. The first kappa shape index (κ1) is 26.0. The average Bonchev–Trinajstić information content (AvgIpc) is 3.22. The van der Waals surface area contributed by atoms with Crippen LogP contribution in [0.3, 0.4) is 0 Å². The van der Waals surface area contributed by atoms with Gasteiger partial charge in [-0.25, -0.2) is 0 Å². The van der Waals surface area contributed by atoms with Gasteiger partial charge in [0.1, 0.15) is 23.9 Å². The number of rotatable bonds is 10. The van der Waals surface area contributed by atoms with E-state index in [2.05, 4.69) is 15.5 Å². The van der Waals surface area contributed by atoms with E-state index < -0.39 is 0 Å². The largest absolute Gasteiger partial charge is 0.495 e. The van der Waals surface area contributed by atoms with Gasteiger partial charge in [-0.2, -0.15) is 0 Å². The third-order valence-corrected chi connectivity index (χ3v) is 6.83. The summed E-state index contributed by atoms with van der Waals surface area (Å²) in [6.07, 6.45) is 0. The number of aryl methyl sites for hydroxylation is 2. The van der Waals surface area contributed by atoms with Crippen LogP contribution in [-0.4, -0.2) is 40.6 Å². The van der Waals surface area contributed by atoms with E-state index in [4.69, 9.17) is 37.4 Å². The maximum Gasteiger partial charge on any atom is 0.234 e. The molecule has 2 aromatic carbocycles. The van der Waals surface area contributed by atoms with Crippen molar-refractivity contribution in [2.75, 3.05) is 25.3 Å². The Morgan fingerprint density at radius 3 is 2.35 bits per heavy atom. The van der Waals surface area contributed by atoms with Crippen LogP contribution in [0.1, 0.15) is 23.9 Å². The van der Waals surface area contributed by atoms with Crippen molar-refractivity contribution in [3.05, 3.63) is 51.3 Å². The minimum atomic E-state index is -0.233. The molecule has 0 aliphatic carbocycles. The fourth-order valence-corrected chi connectivity index (χ4v) is 4.42. The van der Waals surface area contributed by atoms with Gasteiger partial charge in [0.05, 0.1) is 30.7 Å². The summed E-state index contributed by atoms with van der Waals surface area (Å²) < 4.78 is 18.4. The maximum atomic E-state index is 12.6. The highest BCUT2D eigenvalue weighted by atomic mass is 35.5. The Bertz CT molecular complexity index is 1160. The fraction of sp³-hybridized carbons (Fsp3) is 0.348. The Morgan fingerprint density at radius 1 is 1.06 bits per heavy atom. The molecule has 1 heterocycles. The first-order valence-corrected chi connectivity index (χ1v) is 12.2. The van der Waals surface area contributed by atoms with Crippen LogP contribution in [0.5, 0.6) is 17.2 Å². The lowest BCUT2D eigenvalue weighted by atomic mass is 10.1. The van der Waals surface area contributed by atoms with Crippen LogP contribution in [0, 0.1) is 13.8 Å². The number of methoxy groups -OCH3 is 2. The molecule has 1 amide bonds. The number of nitrogens with one attached hydrogen (secondary N) is 1. The predicted octanol–water partition coefficient (Wildman–Crippen LogP) is 5.55. The number of nitrogens with zero attached hydrogens (tertiary/aromatic N) is 3. The van der Waals surface area contributed by atoms with Crippen LogP contribution >= 0.6 is 35.0 Å². The Morgan fingerprint density at radius 2 is 1.74 bits per heavy atom. The number of carbonyl (C=O) groups excluding carboxylic acids is 1. The summed E-state index contributed by atoms with van der Waals surface area (Å²) in [6.45, 7) is 6.74. The Hall–Kier alpha value is -2.62. The summed E-state index contributed by atoms with van der Waals surface area (Å²) in [6, 6.07) is 6.99. The van der Waals surface area contributed by atoms with Gasteiger partial charge < -0.3 is 24.1 Å². The van der Waals surface area contributed by atoms with Crippen molar-refractivity contribution in [3.63, 3.8) is 0 Å². The van der Waals surface area contributed by atoms with E-state index in [1.807, 2.05) is 37.5 Å². The molecule has 0 atom stereocenters. The van der Waals surface area contributed by atoms with E-state index in [9.17, 15) is 4.79 Å². The Balaban J connectivity index is 1.64. The highest BCUT2D eigenvalue weighted by Crippen LogP contribution is 2.36. The molecule has 8 nitrogen and oxygen atoms in total. The van der Waals surface area contributed by atoms with Gasteiger partial charge in [-0.1, -0.05) is 35.0 Å². The highest BCUT2D eigenvalue weighted by molar-refractivity contribution is 7.99. The zero-order valence-electron chi connectivity index (χ0n) is 19.6. The van der Waals surface area contributed by atoms with Crippen LogP contribution in [0.25, 0.3) is 0 Å². The second-order valence-electron chi connectivity index (χ2n) is 7.33. The minimum absolute atomic E-state index is 0.128. The zero-order chi connectivity index (χ0) is 24.8. The lowest BCUT2D eigenvalue weighted by molar-refractivity contribution is -0.113. The van der Waals surface area contributed by atoms with Crippen molar-refractivity contribution in [2.24, 2.45) is 0 Å². The van der Waals surface area contributed by atoms with E-state index in [1.165, 1.54) is 26.0 Å². The number of hydrogen-bond donors (Lipinski definition) is 1. The Kier molecular flexibility index (Phi) is 8.93. The van der Waals surface area contributed by atoms with Crippen LogP contribution in [0.15, 0.2) is 29.4 Å². The van der Waals surface area contributed by atoms with Gasteiger partial charge in [-0.3, -0.25) is 4.79 Å². The predicted molar refractivity (Wildman–Crippen MR) is 135 cm³/mol. The summed E-state index contributed by atoms with van der Waals surface area (Å²) in [7, 11) is 3.01. The van der Waals surface area contributed by atoms with Crippen molar-refractivity contribution in [1.29, 1.82) is 0 Å². The molecule has 0 saturated heterocycles. The SMILES string of the molecule is CCn1c(COc2cc(C)c(Cl)c(C)c2)nnc1SCC(=O)Nc1cc(OC)c(Cl)cc1OC. The fourth-order valence-electron chi connectivity index (χ4n) is 3.26. The smallest absolute Gasteiger partial charge is 0.234 e. The zero-order valence-corrected chi connectivity index (χ0v) is 21.9. The molecule has 0 radical (unpaired) electrons. The van der Waals surface area contributed by atoms with Gasteiger partial charge in [0.15, 0.2) is 11.0 Å². The van der Waals surface area contributed by atoms with Crippen molar-refractivity contribution < 1.29 is 19.0 Å². The molecule has 1 N–H and O–H groups in total. The van der Waals surface area contributed by atoms with Gasteiger partial charge in [-0.05, 0) is 44.0 Å².